The highest BCUT2D eigenvalue weighted by Crippen LogP contribution is 2.34. The lowest BCUT2D eigenvalue weighted by Crippen LogP contribution is -2.17. The largest absolute Gasteiger partial charge is 0.310 e. The van der Waals surface area contributed by atoms with Gasteiger partial charge >= 0.3 is 0 Å². The number of amides is 1. The molecule has 0 fully saturated rings. The van der Waals surface area contributed by atoms with Crippen LogP contribution in [0.4, 0.5) is 11.5 Å². The van der Waals surface area contributed by atoms with Crippen LogP contribution in [0.5, 0.6) is 0 Å². The molecule has 4 rings (SSSR count). The first-order valence-electron chi connectivity index (χ1n) is 9.30. The monoisotopic (exact) mass is 454 g/mol. The molecular formula is C22H16Cl2N4O3. The SMILES string of the molecule is Cc1cccn2c(NC(=O)Cc3ccccc3[N+](=O)[O-])c(-c3ccc(Cl)c(Cl)c3)nc12. The summed E-state index contributed by atoms with van der Waals surface area (Å²) in [6.45, 7) is 1.92. The van der Waals surface area contributed by atoms with Crippen LogP contribution in [0, 0.1) is 17.0 Å². The number of aromatic nitrogens is 2. The molecule has 1 N–H and O–H groups in total. The number of nitro benzene ring substituents is 1. The molecule has 0 aliphatic rings. The molecule has 0 spiro atoms. The molecule has 2 aromatic heterocycles. The molecule has 0 atom stereocenters. The Labute approximate surface area is 187 Å². The molecule has 156 valence electrons. The van der Waals surface area contributed by atoms with E-state index in [2.05, 4.69) is 5.32 Å². The number of benzene rings is 2. The van der Waals surface area contributed by atoms with Crippen molar-refractivity contribution in [3.63, 3.8) is 0 Å². The van der Waals surface area contributed by atoms with Gasteiger partial charge < -0.3 is 5.32 Å². The molecule has 0 unspecified atom stereocenters. The summed E-state index contributed by atoms with van der Waals surface area (Å²) in [6, 6.07) is 15.0. The van der Waals surface area contributed by atoms with Crippen LogP contribution in [-0.2, 0) is 11.2 Å². The van der Waals surface area contributed by atoms with Gasteiger partial charge in [0.15, 0.2) is 0 Å². The van der Waals surface area contributed by atoms with Crippen molar-refractivity contribution in [1.82, 2.24) is 9.38 Å². The van der Waals surface area contributed by atoms with E-state index in [1.807, 2.05) is 19.1 Å². The number of imidazole rings is 1. The molecule has 0 saturated carbocycles. The summed E-state index contributed by atoms with van der Waals surface area (Å²) in [5.41, 5.74) is 3.01. The summed E-state index contributed by atoms with van der Waals surface area (Å²) in [5.74, 6) is 0.0413. The van der Waals surface area contributed by atoms with Gasteiger partial charge in [-0.3, -0.25) is 19.3 Å². The fourth-order valence-corrected chi connectivity index (χ4v) is 3.65. The lowest BCUT2D eigenvalue weighted by molar-refractivity contribution is -0.385. The number of carbonyl (C=O) groups is 1. The molecule has 0 radical (unpaired) electrons. The standard InChI is InChI=1S/C22H16Cl2N4O3/c1-13-5-4-10-27-21(13)26-20(15-8-9-16(23)17(24)11-15)22(27)25-19(29)12-14-6-2-3-7-18(14)28(30)31/h2-11H,12H2,1H3,(H,25,29). The van der Waals surface area contributed by atoms with E-state index in [0.717, 1.165) is 5.56 Å². The first kappa shape index (κ1) is 20.8. The Morgan fingerprint density at radius 1 is 1.13 bits per heavy atom. The number of fused-ring (bicyclic) bond motifs is 1. The van der Waals surface area contributed by atoms with Crippen molar-refractivity contribution in [2.45, 2.75) is 13.3 Å². The Morgan fingerprint density at radius 3 is 2.65 bits per heavy atom. The second-order valence-corrected chi connectivity index (χ2v) is 7.75. The van der Waals surface area contributed by atoms with Gasteiger partial charge in [0, 0.05) is 23.4 Å². The average Bonchev–Trinajstić information content (AvgIpc) is 3.10. The van der Waals surface area contributed by atoms with Crippen molar-refractivity contribution in [3.8, 4) is 11.3 Å². The van der Waals surface area contributed by atoms with E-state index in [-0.39, 0.29) is 12.1 Å². The Hall–Kier alpha value is -3.42. The van der Waals surface area contributed by atoms with Crippen molar-refractivity contribution in [2.24, 2.45) is 0 Å². The number of carbonyl (C=O) groups excluding carboxylic acids is 1. The third-order valence-electron chi connectivity index (χ3n) is 4.84. The van der Waals surface area contributed by atoms with Gasteiger partial charge in [0.25, 0.3) is 5.69 Å². The molecule has 2 heterocycles. The molecule has 4 aromatic rings. The predicted molar refractivity (Wildman–Crippen MR) is 121 cm³/mol. The first-order valence-corrected chi connectivity index (χ1v) is 10.1. The number of nitrogens with zero attached hydrogens (tertiary/aromatic N) is 3. The van der Waals surface area contributed by atoms with Crippen LogP contribution in [0.25, 0.3) is 16.9 Å². The fraction of sp³-hybridized carbons (Fsp3) is 0.0909. The van der Waals surface area contributed by atoms with Gasteiger partial charge in [-0.1, -0.05) is 53.5 Å². The van der Waals surface area contributed by atoms with Crippen LogP contribution < -0.4 is 5.32 Å². The minimum Gasteiger partial charge on any atom is -0.310 e. The van der Waals surface area contributed by atoms with E-state index in [1.54, 1.807) is 47.0 Å². The number of anilines is 1. The van der Waals surface area contributed by atoms with Gasteiger partial charge in [-0.15, -0.1) is 0 Å². The van der Waals surface area contributed by atoms with Crippen molar-refractivity contribution < 1.29 is 9.72 Å². The summed E-state index contributed by atoms with van der Waals surface area (Å²) in [5, 5.41) is 14.9. The topological polar surface area (TPSA) is 89.5 Å². The highest BCUT2D eigenvalue weighted by molar-refractivity contribution is 6.42. The Bertz CT molecular complexity index is 1330. The van der Waals surface area contributed by atoms with Crippen LogP contribution in [0.2, 0.25) is 10.0 Å². The van der Waals surface area contributed by atoms with Gasteiger partial charge in [-0.05, 0) is 30.7 Å². The van der Waals surface area contributed by atoms with Crippen molar-refractivity contribution >= 4 is 46.3 Å². The van der Waals surface area contributed by atoms with Crippen LogP contribution in [0.3, 0.4) is 0 Å². The third-order valence-corrected chi connectivity index (χ3v) is 5.57. The van der Waals surface area contributed by atoms with Crippen LogP contribution in [0.15, 0.2) is 60.8 Å². The molecule has 2 aromatic carbocycles. The molecule has 0 aliphatic carbocycles. The zero-order chi connectivity index (χ0) is 22.1. The number of hydrogen-bond donors (Lipinski definition) is 1. The molecule has 0 aliphatic heterocycles. The number of rotatable bonds is 5. The molecule has 0 bridgehead atoms. The van der Waals surface area contributed by atoms with Gasteiger partial charge in [0.1, 0.15) is 17.2 Å². The lowest BCUT2D eigenvalue weighted by atomic mass is 10.1. The van der Waals surface area contributed by atoms with Gasteiger partial charge in [0.05, 0.1) is 21.4 Å². The van der Waals surface area contributed by atoms with E-state index in [1.165, 1.54) is 6.07 Å². The highest BCUT2D eigenvalue weighted by Gasteiger charge is 2.20. The quantitative estimate of drug-likeness (QED) is 0.309. The van der Waals surface area contributed by atoms with Crippen LogP contribution in [0.1, 0.15) is 11.1 Å². The zero-order valence-electron chi connectivity index (χ0n) is 16.3. The van der Waals surface area contributed by atoms with Crippen LogP contribution >= 0.6 is 23.2 Å². The normalized spacial score (nSPS) is 10.9. The first-order chi connectivity index (χ1) is 14.8. The minimum atomic E-state index is -0.499. The molecule has 1 amide bonds. The minimum absolute atomic E-state index is 0.101. The molecule has 7 nitrogen and oxygen atoms in total. The summed E-state index contributed by atoms with van der Waals surface area (Å²) < 4.78 is 1.77. The molecular weight excluding hydrogens is 439 g/mol. The Balaban J connectivity index is 1.76. The van der Waals surface area contributed by atoms with E-state index in [9.17, 15) is 14.9 Å². The number of nitrogens with one attached hydrogen (secondary N) is 1. The number of hydrogen-bond acceptors (Lipinski definition) is 4. The second-order valence-electron chi connectivity index (χ2n) is 6.93. The van der Waals surface area contributed by atoms with Gasteiger partial charge in [0.2, 0.25) is 5.91 Å². The fourth-order valence-electron chi connectivity index (χ4n) is 3.36. The molecule has 31 heavy (non-hydrogen) atoms. The maximum atomic E-state index is 12.9. The van der Waals surface area contributed by atoms with Crippen molar-refractivity contribution in [1.29, 1.82) is 0 Å². The Kier molecular flexibility index (Phi) is 5.63. The van der Waals surface area contributed by atoms with E-state index < -0.39 is 10.8 Å². The zero-order valence-corrected chi connectivity index (χ0v) is 17.8. The highest BCUT2D eigenvalue weighted by atomic mass is 35.5. The summed E-state index contributed by atoms with van der Waals surface area (Å²) in [6.07, 6.45) is 1.63. The second kappa shape index (κ2) is 8.37. The summed E-state index contributed by atoms with van der Waals surface area (Å²) in [4.78, 5) is 28.3. The summed E-state index contributed by atoms with van der Waals surface area (Å²) >= 11 is 12.2. The molecule has 0 saturated heterocycles. The van der Waals surface area contributed by atoms with Gasteiger partial charge in [-0.25, -0.2) is 4.98 Å². The number of halogens is 2. The Morgan fingerprint density at radius 2 is 1.90 bits per heavy atom. The maximum absolute atomic E-state index is 12.9. The predicted octanol–water partition coefficient (Wildman–Crippen LogP) is 5.71. The van der Waals surface area contributed by atoms with Crippen molar-refractivity contribution in [2.75, 3.05) is 5.32 Å². The lowest BCUT2D eigenvalue weighted by Gasteiger charge is -2.09. The average molecular weight is 455 g/mol. The van der Waals surface area contributed by atoms with E-state index >= 15 is 0 Å². The third kappa shape index (κ3) is 4.10. The maximum Gasteiger partial charge on any atom is 0.273 e. The number of para-hydroxylation sites is 1. The number of pyridine rings is 1. The smallest absolute Gasteiger partial charge is 0.273 e. The van der Waals surface area contributed by atoms with Crippen LogP contribution in [-0.4, -0.2) is 20.2 Å². The van der Waals surface area contributed by atoms with E-state index in [0.29, 0.717) is 38.3 Å². The van der Waals surface area contributed by atoms with Gasteiger partial charge in [-0.2, -0.15) is 0 Å². The number of aryl methyl sites for hydroxylation is 1. The van der Waals surface area contributed by atoms with E-state index in [4.69, 9.17) is 28.2 Å². The van der Waals surface area contributed by atoms with Crippen molar-refractivity contribution in [3.05, 3.63) is 92.1 Å². The molecule has 9 heteroatoms. The summed E-state index contributed by atoms with van der Waals surface area (Å²) in [7, 11) is 0. The number of nitro groups is 1.